The van der Waals surface area contributed by atoms with Gasteiger partial charge in [-0.3, -0.25) is 4.90 Å². The van der Waals surface area contributed by atoms with Crippen molar-refractivity contribution in [2.24, 2.45) is 0 Å². The molecular formula is C19H21NO. The lowest BCUT2D eigenvalue weighted by Crippen LogP contribution is -2.27. The van der Waals surface area contributed by atoms with Crippen LogP contribution in [0, 0.1) is 0 Å². The highest BCUT2D eigenvalue weighted by molar-refractivity contribution is 5.67. The van der Waals surface area contributed by atoms with Crippen LogP contribution in [0.25, 0.3) is 5.57 Å². The molecule has 1 aliphatic rings. The highest BCUT2D eigenvalue weighted by Gasteiger charge is 2.13. The van der Waals surface area contributed by atoms with Crippen LogP contribution in [0.15, 0.2) is 60.7 Å². The summed E-state index contributed by atoms with van der Waals surface area (Å²) < 4.78 is 5.31. The van der Waals surface area contributed by atoms with Crippen molar-refractivity contribution in [3.05, 3.63) is 71.8 Å². The van der Waals surface area contributed by atoms with E-state index < -0.39 is 0 Å². The summed E-state index contributed by atoms with van der Waals surface area (Å²) in [5.41, 5.74) is 4.10. The maximum atomic E-state index is 5.31. The van der Waals surface area contributed by atoms with Gasteiger partial charge in [0.1, 0.15) is 5.75 Å². The van der Waals surface area contributed by atoms with E-state index in [1.807, 2.05) is 6.07 Å². The Labute approximate surface area is 126 Å². The number of ether oxygens (including phenoxy) is 1. The van der Waals surface area contributed by atoms with E-state index in [0.717, 1.165) is 31.8 Å². The van der Waals surface area contributed by atoms with Gasteiger partial charge < -0.3 is 4.74 Å². The van der Waals surface area contributed by atoms with Gasteiger partial charge in [-0.25, -0.2) is 0 Å². The predicted octanol–water partition coefficient (Wildman–Crippen LogP) is 3.98. The van der Waals surface area contributed by atoms with Crippen molar-refractivity contribution >= 4 is 5.57 Å². The van der Waals surface area contributed by atoms with E-state index in [-0.39, 0.29) is 0 Å². The van der Waals surface area contributed by atoms with Gasteiger partial charge in [-0.1, -0.05) is 48.5 Å². The maximum Gasteiger partial charge on any atom is 0.119 e. The molecule has 0 amide bonds. The lowest BCUT2D eigenvalue weighted by molar-refractivity contribution is 0.294. The standard InChI is InChI=1S/C19H21NO/c1-21-19-9-5-8-18(14-19)17-10-12-20(13-11-17)15-16-6-3-2-4-7-16/h2-10,14H,11-13,15H2,1H3. The molecule has 0 spiro atoms. The van der Waals surface area contributed by atoms with Crippen LogP contribution < -0.4 is 4.74 Å². The molecule has 0 saturated carbocycles. The van der Waals surface area contributed by atoms with Crippen LogP contribution in [0.4, 0.5) is 0 Å². The van der Waals surface area contributed by atoms with Crippen LogP contribution in [0.1, 0.15) is 17.5 Å². The quantitative estimate of drug-likeness (QED) is 0.839. The first-order chi connectivity index (χ1) is 10.3. The molecule has 21 heavy (non-hydrogen) atoms. The Morgan fingerprint density at radius 3 is 2.62 bits per heavy atom. The molecule has 108 valence electrons. The van der Waals surface area contributed by atoms with Crippen LogP contribution >= 0.6 is 0 Å². The summed E-state index contributed by atoms with van der Waals surface area (Å²) in [6.45, 7) is 3.15. The molecule has 0 N–H and O–H groups in total. The molecule has 0 fully saturated rings. The zero-order chi connectivity index (χ0) is 14.5. The van der Waals surface area contributed by atoms with Crippen molar-refractivity contribution < 1.29 is 4.74 Å². The Bertz CT molecular complexity index is 618. The summed E-state index contributed by atoms with van der Waals surface area (Å²) in [6.07, 6.45) is 3.45. The van der Waals surface area contributed by atoms with Gasteiger partial charge in [0.25, 0.3) is 0 Å². The molecule has 0 aromatic heterocycles. The van der Waals surface area contributed by atoms with E-state index in [9.17, 15) is 0 Å². The van der Waals surface area contributed by atoms with Gasteiger partial charge in [0.2, 0.25) is 0 Å². The molecule has 0 unspecified atom stereocenters. The lowest BCUT2D eigenvalue weighted by atomic mass is 9.99. The molecule has 0 atom stereocenters. The van der Waals surface area contributed by atoms with Gasteiger partial charge in [0, 0.05) is 19.6 Å². The normalized spacial score (nSPS) is 15.6. The molecule has 0 bridgehead atoms. The number of nitrogens with zero attached hydrogens (tertiary/aromatic N) is 1. The zero-order valence-corrected chi connectivity index (χ0v) is 12.5. The average molecular weight is 279 g/mol. The van der Waals surface area contributed by atoms with E-state index in [0.29, 0.717) is 0 Å². The largest absolute Gasteiger partial charge is 0.497 e. The third-order valence-electron chi connectivity index (χ3n) is 3.98. The van der Waals surface area contributed by atoms with E-state index in [1.165, 1.54) is 16.7 Å². The molecule has 0 aliphatic carbocycles. The first kappa shape index (κ1) is 13.9. The van der Waals surface area contributed by atoms with Crippen molar-refractivity contribution in [3.63, 3.8) is 0 Å². The molecule has 1 aliphatic heterocycles. The van der Waals surface area contributed by atoms with E-state index in [1.54, 1.807) is 7.11 Å². The highest BCUT2D eigenvalue weighted by Crippen LogP contribution is 2.25. The maximum absolute atomic E-state index is 5.31. The Balaban J connectivity index is 1.66. The smallest absolute Gasteiger partial charge is 0.119 e. The number of benzene rings is 2. The van der Waals surface area contributed by atoms with Crippen LogP contribution in [-0.2, 0) is 6.54 Å². The zero-order valence-electron chi connectivity index (χ0n) is 12.5. The fraction of sp³-hybridized carbons (Fsp3) is 0.263. The number of hydrogen-bond acceptors (Lipinski definition) is 2. The fourth-order valence-corrected chi connectivity index (χ4v) is 2.78. The number of methoxy groups -OCH3 is 1. The van der Waals surface area contributed by atoms with Gasteiger partial charge >= 0.3 is 0 Å². The minimum absolute atomic E-state index is 0.931. The van der Waals surface area contributed by atoms with Gasteiger partial charge in [0.15, 0.2) is 0 Å². The third kappa shape index (κ3) is 3.53. The molecule has 2 heteroatoms. The first-order valence-corrected chi connectivity index (χ1v) is 7.45. The Morgan fingerprint density at radius 1 is 1.05 bits per heavy atom. The highest BCUT2D eigenvalue weighted by atomic mass is 16.5. The Hall–Kier alpha value is -2.06. The topological polar surface area (TPSA) is 12.5 Å². The molecule has 0 saturated heterocycles. The minimum atomic E-state index is 0.931. The molecule has 3 rings (SSSR count). The van der Waals surface area contributed by atoms with Crippen LogP contribution in [0.3, 0.4) is 0 Å². The van der Waals surface area contributed by atoms with E-state index >= 15 is 0 Å². The third-order valence-corrected chi connectivity index (χ3v) is 3.98. The fourth-order valence-electron chi connectivity index (χ4n) is 2.78. The number of rotatable bonds is 4. The second kappa shape index (κ2) is 6.59. The van der Waals surface area contributed by atoms with Crippen molar-refractivity contribution in [2.75, 3.05) is 20.2 Å². The number of hydrogen-bond donors (Lipinski definition) is 0. The summed E-state index contributed by atoms with van der Waals surface area (Å²) in [7, 11) is 1.72. The van der Waals surface area contributed by atoms with Crippen molar-refractivity contribution in [2.45, 2.75) is 13.0 Å². The van der Waals surface area contributed by atoms with Crippen molar-refractivity contribution in [3.8, 4) is 5.75 Å². The molecule has 2 aromatic rings. The predicted molar refractivity (Wildman–Crippen MR) is 87.3 cm³/mol. The van der Waals surface area contributed by atoms with Gasteiger partial charge in [-0.2, -0.15) is 0 Å². The first-order valence-electron chi connectivity index (χ1n) is 7.45. The van der Waals surface area contributed by atoms with Crippen LogP contribution in [0.5, 0.6) is 5.75 Å². The van der Waals surface area contributed by atoms with Gasteiger partial charge in [0.05, 0.1) is 7.11 Å². The van der Waals surface area contributed by atoms with Crippen molar-refractivity contribution in [1.29, 1.82) is 0 Å². The summed E-state index contributed by atoms with van der Waals surface area (Å²) >= 11 is 0. The van der Waals surface area contributed by atoms with Crippen LogP contribution in [0.2, 0.25) is 0 Å². The molecule has 2 aromatic carbocycles. The minimum Gasteiger partial charge on any atom is -0.497 e. The second-order valence-electron chi connectivity index (χ2n) is 5.43. The van der Waals surface area contributed by atoms with E-state index in [4.69, 9.17) is 4.74 Å². The van der Waals surface area contributed by atoms with Gasteiger partial charge in [-0.15, -0.1) is 0 Å². The SMILES string of the molecule is COc1cccc(C2=CCN(Cc3ccccc3)CC2)c1. The monoisotopic (exact) mass is 279 g/mol. The Morgan fingerprint density at radius 2 is 1.90 bits per heavy atom. The van der Waals surface area contributed by atoms with Crippen LogP contribution in [-0.4, -0.2) is 25.1 Å². The van der Waals surface area contributed by atoms with Gasteiger partial charge in [-0.05, 0) is 35.3 Å². The molecule has 0 radical (unpaired) electrons. The Kier molecular flexibility index (Phi) is 4.37. The second-order valence-corrected chi connectivity index (χ2v) is 5.43. The summed E-state index contributed by atoms with van der Waals surface area (Å²) in [5.74, 6) is 0.931. The summed E-state index contributed by atoms with van der Waals surface area (Å²) in [4.78, 5) is 2.49. The summed E-state index contributed by atoms with van der Waals surface area (Å²) in [5, 5.41) is 0. The van der Waals surface area contributed by atoms with Crippen molar-refractivity contribution in [1.82, 2.24) is 4.90 Å². The summed E-state index contributed by atoms with van der Waals surface area (Å²) in [6, 6.07) is 19.0. The lowest BCUT2D eigenvalue weighted by Gasteiger charge is -2.26. The molecule has 2 nitrogen and oxygen atoms in total. The molecule has 1 heterocycles. The van der Waals surface area contributed by atoms with E-state index in [2.05, 4.69) is 59.5 Å². The molecular weight excluding hydrogens is 258 g/mol. The average Bonchev–Trinajstić information content (AvgIpc) is 2.56.